The molecule has 4 fully saturated rings. The summed E-state index contributed by atoms with van der Waals surface area (Å²) in [5.74, 6) is -0.627. The molecule has 6 aromatic carbocycles. The number of nitrogens with zero attached hydrogens (tertiary/aromatic N) is 4. The molecule has 75 heavy (non-hydrogen) atoms. The van der Waals surface area contributed by atoms with E-state index in [4.69, 9.17) is 4.74 Å². The number of hydrogen-bond acceptors (Lipinski definition) is 9. The third-order valence-corrected chi connectivity index (χ3v) is 14.7. The molecule has 0 bridgehead atoms. The van der Waals surface area contributed by atoms with Gasteiger partial charge in [-0.15, -0.1) is 0 Å². The summed E-state index contributed by atoms with van der Waals surface area (Å²) in [6, 6.07) is 31.8. The molecule has 4 amide bonds. The maximum atomic E-state index is 13.4. The molecule has 6 aromatic rings. The van der Waals surface area contributed by atoms with Crippen molar-refractivity contribution >= 4 is 45.2 Å². The molecule has 390 valence electrons. The molecule has 4 heterocycles. The van der Waals surface area contributed by atoms with Gasteiger partial charge in [-0.1, -0.05) is 53.6 Å². The molecule has 4 aliphatic rings. The molecular weight excluding hydrogens is 955 g/mol. The van der Waals surface area contributed by atoms with E-state index < -0.39 is 0 Å². The zero-order valence-corrected chi connectivity index (χ0v) is 42.5. The molecule has 0 radical (unpaired) electrons. The summed E-state index contributed by atoms with van der Waals surface area (Å²) in [6.07, 6.45) is 7.70. The van der Waals surface area contributed by atoms with Crippen LogP contribution in [0.1, 0.15) is 75.9 Å². The Kier molecular flexibility index (Phi) is 16.5. The lowest BCUT2D eigenvalue weighted by Crippen LogP contribution is -2.38. The predicted octanol–water partition coefficient (Wildman–Crippen LogP) is 8.79. The highest BCUT2D eigenvalue weighted by Gasteiger charge is 2.28. The Morgan fingerprint density at radius 2 is 0.987 bits per heavy atom. The van der Waals surface area contributed by atoms with E-state index in [9.17, 15) is 38.2 Å². The first-order valence-corrected chi connectivity index (χ1v) is 25.8. The van der Waals surface area contributed by atoms with Crippen molar-refractivity contribution in [2.45, 2.75) is 70.6 Å². The van der Waals surface area contributed by atoms with Crippen molar-refractivity contribution in [2.24, 2.45) is 0 Å². The van der Waals surface area contributed by atoms with Gasteiger partial charge in [0.05, 0.1) is 18.2 Å². The smallest absolute Gasteiger partial charge is 0.257 e. The molecule has 10 rings (SSSR count). The van der Waals surface area contributed by atoms with Crippen LogP contribution in [0.3, 0.4) is 0 Å². The van der Waals surface area contributed by atoms with Gasteiger partial charge >= 0.3 is 0 Å². The van der Waals surface area contributed by atoms with Crippen molar-refractivity contribution in [3.05, 3.63) is 172 Å². The molecule has 0 aromatic heterocycles. The number of rotatable bonds is 11. The van der Waals surface area contributed by atoms with Crippen molar-refractivity contribution in [1.29, 1.82) is 0 Å². The lowest BCUT2D eigenvalue weighted by Gasteiger charge is -2.28. The zero-order valence-electron chi connectivity index (χ0n) is 42.5. The Labute approximate surface area is 436 Å². The lowest BCUT2D eigenvalue weighted by atomic mass is 10.0. The Balaban J connectivity index is 0.000000184. The van der Waals surface area contributed by atoms with Crippen LogP contribution in [0.5, 0.6) is 17.2 Å². The number of nitrogens with one attached hydrogen (secondary N) is 2. The summed E-state index contributed by atoms with van der Waals surface area (Å²) in [4.78, 5) is 59.0. The third-order valence-electron chi connectivity index (χ3n) is 14.7. The highest BCUT2D eigenvalue weighted by atomic mass is 19.1. The van der Waals surface area contributed by atoms with Gasteiger partial charge in [0.1, 0.15) is 28.9 Å². The minimum Gasteiger partial charge on any atom is -0.507 e. The van der Waals surface area contributed by atoms with Crippen molar-refractivity contribution < 1.29 is 42.9 Å². The number of ether oxygens (including phenoxy) is 1. The Hall–Kier alpha value is -7.62. The van der Waals surface area contributed by atoms with Gasteiger partial charge in [0.25, 0.3) is 11.8 Å². The monoisotopic (exact) mass is 1020 g/mol. The van der Waals surface area contributed by atoms with Crippen LogP contribution in [-0.4, -0.2) is 125 Å². The van der Waals surface area contributed by atoms with Crippen molar-refractivity contribution in [3.63, 3.8) is 0 Å². The average molecular weight is 1020 g/mol. The van der Waals surface area contributed by atoms with E-state index >= 15 is 0 Å². The van der Waals surface area contributed by atoms with Crippen LogP contribution in [0.25, 0.3) is 21.5 Å². The van der Waals surface area contributed by atoms with Gasteiger partial charge in [0.15, 0.2) is 0 Å². The topological polar surface area (TPSA) is 155 Å². The predicted molar refractivity (Wildman–Crippen MR) is 285 cm³/mol. The van der Waals surface area contributed by atoms with Crippen LogP contribution < -0.4 is 15.4 Å². The number of aryl methyl sites for hydroxylation is 1. The molecule has 4 N–H and O–H groups in total. The van der Waals surface area contributed by atoms with E-state index in [0.29, 0.717) is 63.2 Å². The highest BCUT2D eigenvalue weighted by Crippen LogP contribution is 2.28. The van der Waals surface area contributed by atoms with Crippen LogP contribution in [0.2, 0.25) is 0 Å². The number of phenolic OH excluding ortho intramolecular Hbond substituents is 2. The van der Waals surface area contributed by atoms with E-state index in [1.165, 1.54) is 36.4 Å². The quantitative estimate of drug-likeness (QED) is 0.0933. The largest absolute Gasteiger partial charge is 0.507 e. The molecule has 2 unspecified atom stereocenters. The standard InChI is InChI=1S/C30H32FN3O4.C30H32FN3O3/c1-38-26-6-7-27(28(35)17-26)30(37)34-12-8-20(9-13-34)15-29(36)32-25-10-11-33(19-25)18-21-2-3-23-16-24(31)5-4-22(23)14-21;1-20-2-7-27(28(35)14-20)30(37)34-12-8-21(9-13-34)16-29(36)32-26-10-11-33(19-26)18-22-3-4-24-17-25(31)6-5-23(24)15-22/h2-7,14-17,25,35H,8-13,18-19H2,1H3,(H,32,36);2-7,14-17,26,35H,8-13,18-19H2,1H3,(H,32,36). The van der Waals surface area contributed by atoms with Gasteiger partial charge in [0, 0.05) is 95.7 Å². The number of halogens is 2. The van der Waals surface area contributed by atoms with E-state index in [-0.39, 0.29) is 64.4 Å². The minimum atomic E-state index is -0.230. The van der Waals surface area contributed by atoms with Crippen LogP contribution in [0, 0.1) is 18.6 Å². The summed E-state index contributed by atoms with van der Waals surface area (Å²) >= 11 is 0. The van der Waals surface area contributed by atoms with Gasteiger partial charge in [0.2, 0.25) is 11.8 Å². The number of piperidine rings is 2. The molecule has 0 saturated carbocycles. The second-order valence-electron chi connectivity index (χ2n) is 20.2. The first-order valence-electron chi connectivity index (χ1n) is 25.8. The summed E-state index contributed by atoms with van der Waals surface area (Å²) in [6.45, 7) is 8.89. The Morgan fingerprint density at radius 3 is 1.43 bits per heavy atom. The lowest BCUT2D eigenvalue weighted by molar-refractivity contribution is -0.118. The second-order valence-corrected chi connectivity index (χ2v) is 20.2. The van der Waals surface area contributed by atoms with Gasteiger partial charge in [-0.25, -0.2) is 8.78 Å². The van der Waals surface area contributed by atoms with Gasteiger partial charge < -0.3 is 35.4 Å². The number of phenols is 2. The molecule has 15 heteroatoms. The van der Waals surface area contributed by atoms with E-state index in [0.717, 1.165) is 90.4 Å². The Morgan fingerprint density at radius 1 is 0.560 bits per heavy atom. The van der Waals surface area contributed by atoms with Crippen LogP contribution in [0.15, 0.2) is 132 Å². The number of carbonyl (C=O) groups excluding carboxylic acids is 4. The summed E-state index contributed by atoms with van der Waals surface area (Å²) in [7, 11) is 1.50. The average Bonchev–Trinajstić information content (AvgIpc) is 4.04. The summed E-state index contributed by atoms with van der Waals surface area (Å²) in [5, 5.41) is 30.4. The van der Waals surface area contributed by atoms with Gasteiger partial charge in [-0.2, -0.15) is 0 Å². The van der Waals surface area contributed by atoms with E-state index in [2.05, 4.69) is 32.6 Å². The Bertz CT molecular complexity index is 3160. The van der Waals surface area contributed by atoms with Gasteiger partial charge in [-0.05, 0) is 144 Å². The number of likely N-dealkylation sites (tertiary alicyclic amines) is 4. The van der Waals surface area contributed by atoms with Crippen molar-refractivity contribution in [3.8, 4) is 17.2 Å². The molecule has 4 aliphatic heterocycles. The van der Waals surface area contributed by atoms with Crippen LogP contribution in [0.4, 0.5) is 8.78 Å². The number of fused-ring (bicyclic) bond motifs is 2. The van der Waals surface area contributed by atoms with E-state index in [1.807, 2.05) is 37.3 Å². The van der Waals surface area contributed by atoms with E-state index in [1.54, 1.807) is 70.5 Å². The number of hydrogen-bond donors (Lipinski definition) is 4. The number of methoxy groups -OCH3 is 1. The third kappa shape index (κ3) is 13.6. The SMILES string of the molecule is COc1ccc(C(=O)N2CCC(=CC(=O)NC3CCN(Cc4ccc5cc(F)ccc5c4)C3)CC2)c(O)c1.Cc1ccc(C(=O)N2CCC(=CC(=O)NC3CCN(Cc4ccc5cc(F)ccc5c4)C3)CC2)c(O)c1. The molecular formula is C60H64F2N6O7. The summed E-state index contributed by atoms with van der Waals surface area (Å²) in [5.41, 5.74) is 5.88. The maximum absolute atomic E-state index is 13.4. The fourth-order valence-corrected chi connectivity index (χ4v) is 10.6. The minimum absolute atomic E-state index is 0.00679. The number of carbonyl (C=O) groups is 4. The number of aromatic hydroxyl groups is 2. The highest BCUT2D eigenvalue weighted by molar-refractivity contribution is 5.98. The van der Waals surface area contributed by atoms with Gasteiger partial charge in [-0.3, -0.25) is 29.0 Å². The fourth-order valence-electron chi connectivity index (χ4n) is 10.6. The van der Waals surface area contributed by atoms with Crippen LogP contribution in [-0.2, 0) is 22.7 Å². The number of amides is 4. The maximum Gasteiger partial charge on any atom is 0.257 e. The second kappa shape index (κ2) is 23.7. The van der Waals surface area contributed by atoms with Crippen LogP contribution >= 0.6 is 0 Å². The molecule has 13 nitrogen and oxygen atoms in total. The molecule has 2 atom stereocenters. The molecule has 0 aliphatic carbocycles. The molecule has 4 saturated heterocycles. The van der Waals surface area contributed by atoms with Crippen molar-refractivity contribution in [2.75, 3.05) is 59.5 Å². The molecule has 0 spiro atoms. The van der Waals surface area contributed by atoms with Crippen molar-refractivity contribution in [1.82, 2.24) is 30.2 Å². The summed E-state index contributed by atoms with van der Waals surface area (Å²) < 4.78 is 31.9. The first-order chi connectivity index (χ1) is 36.2. The normalized spacial score (nSPS) is 18.1. The zero-order chi connectivity index (χ0) is 52.6. The fraction of sp³-hybridized carbons (Fsp3) is 0.333. The first kappa shape index (κ1) is 52.3. The number of benzene rings is 6.